The van der Waals surface area contributed by atoms with E-state index in [4.69, 9.17) is 33.7 Å². The van der Waals surface area contributed by atoms with E-state index >= 15 is 0 Å². The molecule has 1 aromatic heterocycles. The lowest BCUT2D eigenvalue weighted by Gasteiger charge is -2.07. The number of nitrogens with zero attached hydrogens (tertiary/aromatic N) is 2. The van der Waals surface area contributed by atoms with Crippen LogP contribution in [0.2, 0.25) is 10.0 Å². The number of carbonyl (C=O) groups excluding carboxylic acids is 1. The molecule has 0 saturated carbocycles. The molecule has 1 heterocycles. The first-order valence-corrected chi connectivity index (χ1v) is 7.03. The monoisotopic (exact) mass is 327 g/mol. The van der Waals surface area contributed by atoms with Gasteiger partial charge in [-0.3, -0.25) is 9.48 Å². The molecule has 1 aromatic carbocycles. The normalized spacial score (nSPS) is 10.7. The van der Waals surface area contributed by atoms with Crippen LogP contribution in [0.1, 0.15) is 17.0 Å². The molecular formula is C14H15Cl2N3O2. The van der Waals surface area contributed by atoms with Gasteiger partial charge in [0.2, 0.25) is 0 Å². The predicted molar refractivity (Wildman–Crippen MR) is 82.4 cm³/mol. The van der Waals surface area contributed by atoms with Crippen LogP contribution in [0.5, 0.6) is 0 Å². The van der Waals surface area contributed by atoms with Gasteiger partial charge < -0.3 is 10.5 Å². The molecule has 0 saturated heterocycles. The summed E-state index contributed by atoms with van der Waals surface area (Å²) in [5.74, 6) is -0.397. The molecule has 2 N–H and O–H groups in total. The third-order valence-electron chi connectivity index (χ3n) is 3.10. The molecule has 0 bridgehead atoms. The average molecular weight is 328 g/mol. The Kier molecular flexibility index (Phi) is 4.75. The largest absolute Gasteiger partial charge is 0.459 e. The topological polar surface area (TPSA) is 70.1 Å². The van der Waals surface area contributed by atoms with Crippen molar-refractivity contribution in [3.05, 3.63) is 45.2 Å². The van der Waals surface area contributed by atoms with Gasteiger partial charge in [0.15, 0.2) is 0 Å². The Hall–Kier alpha value is -1.72. The number of aromatic nitrogens is 2. The van der Waals surface area contributed by atoms with Crippen molar-refractivity contribution < 1.29 is 9.53 Å². The maximum Gasteiger partial charge on any atom is 0.328 e. The molecule has 7 heteroatoms. The van der Waals surface area contributed by atoms with E-state index in [1.807, 2.05) is 6.92 Å². The fourth-order valence-corrected chi connectivity index (χ4v) is 2.15. The predicted octanol–water partition coefficient (Wildman–Crippen LogP) is 3.13. The Balaban J connectivity index is 1.95. The minimum absolute atomic E-state index is 0.0190. The maximum atomic E-state index is 11.8. The van der Waals surface area contributed by atoms with Crippen LogP contribution in [0, 0.1) is 13.8 Å². The lowest BCUT2D eigenvalue weighted by atomic mass is 10.2. The third-order valence-corrected chi connectivity index (χ3v) is 3.84. The number of rotatable bonds is 4. The quantitative estimate of drug-likeness (QED) is 0.876. The Morgan fingerprint density at radius 3 is 2.62 bits per heavy atom. The zero-order valence-electron chi connectivity index (χ0n) is 11.7. The zero-order chi connectivity index (χ0) is 15.6. The first-order valence-electron chi connectivity index (χ1n) is 6.27. The van der Waals surface area contributed by atoms with Gasteiger partial charge in [0.25, 0.3) is 0 Å². The van der Waals surface area contributed by atoms with Crippen molar-refractivity contribution in [2.24, 2.45) is 0 Å². The van der Waals surface area contributed by atoms with Crippen LogP contribution in [0.3, 0.4) is 0 Å². The smallest absolute Gasteiger partial charge is 0.328 e. The van der Waals surface area contributed by atoms with Crippen molar-refractivity contribution in [1.82, 2.24) is 9.78 Å². The van der Waals surface area contributed by atoms with Crippen LogP contribution in [0.15, 0.2) is 18.2 Å². The molecule has 2 rings (SSSR count). The van der Waals surface area contributed by atoms with Crippen LogP contribution in [-0.2, 0) is 22.7 Å². The minimum Gasteiger partial charge on any atom is -0.459 e. The molecule has 21 heavy (non-hydrogen) atoms. The summed E-state index contributed by atoms with van der Waals surface area (Å²) in [6, 6.07) is 5.08. The summed E-state index contributed by atoms with van der Waals surface area (Å²) in [5, 5.41) is 5.07. The molecule has 0 aliphatic rings. The fraction of sp³-hybridized carbons (Fsp3) is 0.286. The first-order chi connectivity index (χ1) is 9.88. The number of aryl methyl sites for hydroxylation is 1. The van der Waals surface area contributed by atoms with E-state index < -0.39 is 5.97 Å². The molecule has 0 radical (unpaired) electrons. The van der Waals surface area contributed by atoms with Gasteiger partial charge in [-0.15, -0.1) is 0 Å². The molecule has 0 amide bonds. The standard InChI is InChI=1S/C14H15Cl2N3O2/c1-8-14(17)9(2)19(18-8)6-13(20)21-7-10-3-4-11(15)12(16)5-10/h3-5H,6-7,17H2,1-2H3. The van der Waals surface area contributed by atoms with Crippen molar-refractivity contribution in [3.63, 3.8) is 0 Å². The number of nitrogen functional groups attached to an aromatic ring is 1. The van der Waals surface area contributed by atoms with E-state index in [2.05, 4.69) is 5.10 Å². The van der Waals surface area contributed by atoms with E-state index in [0.29, 0.717) is 21.4 Å². The molecular weight excluding hydrogens is 313 g/mol. The van der Waals surface area contributed by atoms with Gasteiger partial charge in [-0.2, -0.15) is 5.10 Å². The number of hydrogen-bond donors (Lipinski definition) is 1. The summed E-state index contributed by atoms with van der Waals surface area (Å²) in [4.78, 5) is 11.8. The van der Waals surface area contributed by atoms with Gasteiger partial charge in [-0.25, -0.2) is 0 Å². The van der Waals surface area contributed by atoms with Crippen molar-refractivity contribution in [3.8, 4) is 0 Å². The molecule has 5 nitrogen and oxygen atoms in total. The van der Waals surface area contributed by atoms with Crippen LogP contribution in [0.25, 0.3) is 0 Å². The Morgan fingerprint density at radius 2 is 2.05 bits per heavy atom. The highest BCUT2D eigenvalue weighted by molar-refractivity contribution is 6.42. The van der Waals surface area contributed by atoms with E-state index in [1.54, 1.807) is 25.1 Å². The van der Waals surface area contributed by atoms with Crippen LogP contribution in [-0.4, -0.2) is 15.7 Å². The van der Waals surface area contributed by atoms with Gasteiger partial charge in [-0.05, 0) is 31.5 Å². The zero-order valence-corrected chi connectivity index (χ0v) is 13.2. The third kappa shape index (κ3) is 3.68. The lowest BCUT2D eigenvalue weighted by molar-refractivity contribution is -0.145. The summed E-state index contributed by atoms with van der Waals surface area (Å²) in [6.07, 6.45) is 0. The van der Waals surface area contributed by atoms with E-state index in [-0.39, 0.29) is 13.2 Å². The highest BCUT2D eigenvalue weighted by Crippen LogP contribution is 2.23. The van der Waals surface area contributed by atoms with Crippen molar-refractivity contribution in [2.45, 2.75) is 27.0 Å². The first kappa shape index (κ1) is 15.7. The highest BCUT2D eigenvalue weighted by Gasteiger charge is 2.12. The summed E-state index contributed by atoms with van der Waals surface area (Å²) in [5.41, 5.74) is 8.62. The Labute approximate surface area is 132 Å². The second kappa shape index (κ2) is 6.37. The van der Waals surface area contributed by atoms with Crippen molar-refractivity contribution >= 4 is 34.9 Å². The number of esters is 1. The highest BCUT2D eigenvalue weighted by atomic mass is 35.5. The second-order valence-corrected chi connectivity index (χ2v) is 5.47. The average Bonchev–Trinajstić information content (AvgIpc) is 2.68. The number of anilines is 1. The van der Waals surface area contributed by atoms with Crippen LogP contribution < -0.4 is 5.73 Å². The van der Waals surface area contributed by atoms with Gasteiger partial charge in [0.05, 0.1) is 27.1 Å². The Bertz CT molecular complexity index is 683. The summed E-state index contributed by atoms with van der Waals surface area (Å²) in [7, 11) is 0. The number of nitrogens with two attached hydrogens (primary N) is 1. The molecule has 0 fully saturated rings. The van der Waals surface area contributed by atoms with Crippen molar-refractivity contribution in [1.29, 1.82) is 0 Å². The SMILES string of the molecule is Cc1nn(CC(=O)OCc2ccc(Cl)c(Cl)c2)c(C)c1N. The molecule has 0 aliphatic carbocycles. The van der Waals surface area contributed by atoms with Gasteiger partial charge >= 0.3 is 5.97 Å². The maximum absolute atomic E-state index is 11.8. The molecule has 0 atom stereocenters. The van der Waals surface area contributed by atoms with Crippen LogP contribution in [0.4, 0.5) is 5.69 Å². The number of benzene rings is 1. The summed E-state index contributed by atoms with van der Waals surface area (Å²) < 4.78 is 6.72. The Morgan fingerprint density at radius 1 is 1.33 bits per heavy atom. The van der Waals surface area contributed by atoms with Gasteiger partial charge in [0, 0.05) is 0 Å². The van der Waals surface area contributed by atoms with Gasteiger partial charge in [-0.1, -0.05) is 29.3 Å². The molecule has 0 unspecified atom stereocenters. The molecule has 0 aliphatic heterocycles. The van der Waals surface area contributed by atoms with E-state index in [1.165, 1.54) is 4.68 Å². The number of carbonyl (C=O) groups is 1. The van der Waals surface area contributed by atoms with Crippen molar-refractivity contribution in [2.75, 3.05) is 5.73 Å². The summed E-state index contributed by atoms with van der Waals surface area (Å²) >= 11 is 11.7. The fourth-order valence-electron chi connectivity index (χ4n) is 1.83. The van der Waals surface area contributed by atoms with E-state index in [0.717, 1.165) is 11.3 Å². The van der Waals surface area contributed by atoms with E-state index in [9.17, 15) is 4.79 Å². The number of halogens is 2. The van der Waals surface area contributed by atoms with Gasteiger partial charge in [0.1, 0.15) is 13.2 Å². The number of ether oxygens (including phenoxy) is 1. The molecule has 2 aromatic rings. The lowest BCUT2D eigenvalue weighted by Crippen LogP contribution is -2.15. The summed E-state index contributed by atoms with van der Waals surface area (Å²) in [6.45, 7) is 3.75. The van der Waals surface area contributed by atoms with Crippen LogP contribution >= 0.6 is 23.2 Å². The minimum atomic E-state index is -0.397. The molecule has 112 valence electrons. The number of hydrogen-bond acceptors (Lipinski definition) is 4. The molecule has 0 spiro atoms. The second-order valence-electron chi connectivity index (χ2n) is 4.65.